The van der Waals surface area contributed by atoms with Gasteiger partial charge in [-0.25, -0.2) is 0 Å². The van der Waals surface area contributed by atoms with Crippen molar-refractivity contribution in [3.05, 3.63) is 11.8 Å². The summed E-state index contributed by atoms with van der Waals surface area (Å²) in [5.74, 6) is -1.00. The molecule has 0 aliphatic heterocycles. The third-order valence-corrected chi connectivity index (χ3v) is 2.53. The first-order valence-electron chi connectivity index (χ1n) is 6.16. The van der Waals surface area contributed by atoms with Gasteiger partial charge in [-0.3, -0.25) is 9.59 Å². The molecule has 19 heavy (non-hydrogen) atoms. The lowest BCUT2D eigenvalue weighted by atomic mass is 9.80. The van der Waals surface area contributed by atoms with Gasteiger partial charge in [0.1, 0.15) is 11.7 Å². The number of aromatic nitrogens is 1. The van der Waals surface area contributed by atoms with Gasteiger partial charge in [0.2, 0.25) is 5.91 Å². The zero-order valence-corrected chi connectivity index (χ0v) is 11.9. The molecule has 0 radical (unpaired) electrons. The number of ether oxygens (including phenoxy) is 1. The van der Waals surface area contributed by atoms with Crippen LogP contribution < -0.4 is 5.32 Å². The Morgan fingerprint density at radius 3 is 2.53 bits per heavy atom. The van der Waals surface area contributed by atoms with Gasteiger partial charge in [0.15, 0.2) is 5.82 Å². The van der Waals surface area contributed by atoms with E-state index in [4.69, 9.17) is 9.26 Å². The second-order valence-corrected chi connectivity index (χ2v) is 5.36. The molecule has 106 valence electrons. The summed E-state index contributed by atoms with van der Waals surface area (Å²) in [6, 6.07) is 1.59. The summed E-state index contributed by atoms with van der Waals surface area (Å²) in [7, 11) is 0. The van der Waals surface area contributed by atoms with Gasteiger partial charge in [-0.05, 0) is 19.3 Å². The first-order valence-corrected chi connectivity index (χ1v) is 6.16. The van der Waals surface area contributed by atoms with Gasteiger partial charge < -0.3 is 14.6 Å². The summed E-state index contributed by atoms with van der Waals surface area (Å²) >= 11 is 0. The third kappa shape index (κ3) is 4.08. The average Bonchev–Trinajstić information content (AvgIpc) is 2.61. The van der Waals surface area contributed by atoms with Crippen molar-refractivity contribution < 1.29 is 18.8 Å². The Balaban J connectivity index is 2.86. The molecule has 0 spiro atoms. The second kappa shape index (κ2) is 5.86. The highest BCUT2D eigenvalue weighted by molar-refractivity contribution is 6.05. The summed E-state index contributed by atoms with van der Waals surface area (Å²) < 4.78 is 9.81. The molecule has 0 saturated carbocycles. The van der Waals surface area contributed by atoms with E-state index in [-0.39, 0.29) is 6.61 Å². The van der Waals surface area contributed by atoms with Crippen LogP contribution in [0.4, 0.5) is 5.82 Å². The van der Waals surface area contributed by atoms with Crippen LogP contribution in [0.5, 0.6) is 0 Å². The zero-order chi connectivity index (χ0) is 14.6. The number of carbonyl (C=O) groups excluding carboxylic acids is 2. The highest BCUT2D eigenvalue weighted by Gasteiger charge is 2.39. The van der Waals surface area contributed by atoms with Crippen LogP contribution in [0.2, 0.25) is 0 Å². The fraction of sp³-hybridized carbons (Fsp3) is 0.615. The highest BCUT2D eigenvalue weighted by Crippen LogP contribution is 2.28. The Labute approximate surface area is 112 Å². The Morgan fingerprint density at radius 2 is 2.11 bits per heavy atom. The SMILES string of the molecule is CCOC(=O)C(C(=O)Nc1cc(C)on1)C(C)(C)C. The Kier molecular flexibility index (Phi) is 4.69. The average molecular weight is 268 g/mol. The van der Waals surface area contributed by atoms with Gasteiger partial charge in [0, 0.05) is 6.07 Å². The van der Waals surface area contributed by atoms with Crippen molar-refractivity contribution in [3.8, 4) is 0 Å². The fourth-order valence-corrected chi connectivity index (χ4v) is 1.70. The number of nitrogens with zero attached hydrogens (tertiary/aromatic N) is 1. The van der Waals surface area contributed by atoms with Crippen molar-refractivity contribution in [2.45, 2.75) is 34.6 Å². The third-order valence-electron chi connectivity index (χ3n) is 2.53. The van der Waals surface area contributed by atoms with Gasteiger partial charge in [0.25, 0.3) is 0 Å². The number of amides is 1. The van der Waals surface area contributed by atoms with E-state index in [0.29, 0.717) is 11.6 Å². The molecular weight excluding hydrogens is 248 g/mol. The second-order valence-electron chi connectivity index (χ2n) is 5.36. The van der Waals surface area contributed by atoms with Crippen molar-refractivity contribution in [1.82, 2.24) is 5.16 Å². The van der Waals surface area contributed by atoms with E-state index in [9.17, 15) is 9.59 Å². The monoisotopic (exact) mass is 268 g/mol. The van der Waals surface area contributed by atoms with Crippen LogP contribution in [-0.2, 0) is 14.3 Å². The topological polar surface area (TPSA) is 81.4 Å². The van der Waals surface area contributed by atoms with E-state index in [1.165, 1.54) is 0 Å². The van der Waals surface area contributed by atoms with Gasteiger partial charge >= 0.3 is 5.97 Å². The molecule has 1 aromatic rings. The number of rotatable bonds is 4. The minimum absolute atomic E-state index is 0.238. The molecule has 0 saturated heterocycles. The molecule has 0 bridgehead atoms. The predicted octanol–water partition coefficient (Wildman–Crippen LogP) is 2.15. The fourth-order valence-electron chi connectivity index (χ4n) is 1.70. The van der Waals surface area contributed by atoms with E-state index in [2.05, 4.69) is 10.5 Å². The number of nitrogens with one attached hydrogen (secondary N) is 1. The van der Waals surface area contributed by atoms with Crippen molar-refractivity contribution >= 4 is 17.7 Å². The summed E-state index contributed by atoms with van der Waals surface area (Å²) in [4.78, 5) is 24.1. The molecule has 0 fully saturated rings. The maximum atomic E-state index is 12.2. The number of anilines is 1. The van der Waals surface area contributed by atoms with Crippen LogP contribution in [-0.4, -0.2) is 23.6 Å². The van der Waals surface area contributed by atoms with Crippen LogP contribution in [0.15, 0.2) is 10.6 Å². The lowest BCUT2D eigenvalue weighted by Gasteiger charge is -2.27. The molecule has 1 amide bonds. The van der Waals surface area contributed by atoms with E-state index >= 15 is 0 Å². The van der Waals surface area contributed by atoms with Crippen LogP contribution >= 0.6 is 0 Å². The number of esters is 1. The molecule has 0 aliphatic carbocycles. The lowest BCUT2D eigenvalue weighted by molar-refractivity contribution is -0.155. The quantitative estimate of drug-likeness (QED) is 0.668. The van der Waals surface area contributed by atoms with E-state index in [1.54, 1.807) is 19.9 Å². The number of aryl methyl sites for hydroxylation is 1. The largest absolute Gasteiger partial charge is 0.465 e. The molecule has 6 nitrogen and oxygen atoms in total. The van der Waals surface area contributed by atoms with Crippen LogP contribution in [0.25, 0.3) is 0 Å². The zero-order valence-electron chi connectivity index (χ0n) is 11.9. The van der Waals surface area contributed by atoms with E-state index in [0.717, 1.165) is 0 Å². The molecule has 1 atom stereocenters. The van der Waals surface area contributed by atoms with Crippen LogP contribution in [0.1, 0.15) is 33.5 Å². The standard InChI is InChI=1S/C13H20N2O4/c1-6-18-12(17)10(13(3,4)5)11(16)14-9-7-8(2)19-15-9/h7,10H,6H2,1-5H3,(H,14,15,16). The number of hydrogen-bond donors (Lipinski definition) is 1. The molecule has 0 aromatic carbocycles. The first kappa shape index (κ1) is 15.2. The van der Waals surface area contributed by atoms with Gasteiger partial charge in [-0.1, -0.05) is 25.9 Å². The van der Waals surface area contributed by atoms with Crippen molar-refractivity contribution in [1.29, 1.82) is 0 Å². The molecule has 1 heterocycles. The van der Waals surface area contributed by atoms with Crippen LogP contribution in [0.3, 0.4) is 0 Å². The van der Waals surface area contributed by atoms with Crippen molar-refractivity contribution in [2.24, 2.45) is 11.3 Å². The highest BCUT2D eigenvalue weighted by atomic mass is 16.5. The lowest BCUT2D eigenvalue weighted by Crippen LogP contribution is -2.40. The summed E-state index contributed by atoms with van der Waals surface area (Å²) in [5.41, 5.74) is -0.547. The Hall–Kier alpha value is -1.85. The molecule has 6 heteroatoms. The molecule has 1 aromatic heterocycles. The maximum absolute atomic E-state index is 12.2. The minimum atomic E-state index is -0.899. The summed E-state index contributed by atoms with van der Waals surface area (Å²) in [5, 5.41) is 6.23. The van der Waals surface area contributed by atoms with Crippen molar-refractivity contribution in [3.63, 3.8) is 0 Å². The Bertz CT molecular complexity index is 459. The first-order chi connectivity index (χ1) is 8.75. The van der Waals surface area contributed by atoms with E-state index in [1.807, 2.05) is 20.8 Å². The van der Waals surface area contributed by atoms with Crippen molar-refractivity contribution in [2.75, 3.05) is 11.9 Å². The number of carbonyl (C=O) groups is 2. The van der Waals surface area contributed by atoms with E-state index < -0.39 is 23.2 Å². The number of hydrogen-bond acceptors (Lipinski definition) is 5. The van der Waals surface area contributed by atoms with Gasteiger partial charge in [-0.2, -0.15) is 0 Å². The maximum Gasteiger partial charge on any atom is 0.319 e. The van der Waals surface area contributed by atoms with Gasteiger partial charge in [0.05, 0.1) is 6.61 Å². The molecule has 1 unspecified atom stereocenters. The normalized spacial score (nSPS) is 12.9. The predicted molar refractivity (Wildman–Crippen MR) is 69.4 cm³/mol. The summed E-state index contributed by atoms with van der Waals surface area (Å²) in [6.45, 7) is 9.08. The molecular formula is C13H20N2O4. The molecule has 1 N–H and O–H groups in total. The van der Waals surface area contributed by atoms with Crippen LogP contribution in [0, 0.1) is 18.3 Å². The molecule has 1 rings (SSSR count). The molecule has 0 aliphatic rings. The Morgan fingerprint density at radius 1 is 1.47 bits per heavy atom. The van der Waals surface area contributed by atoms with Gasteiger partial charge in [-0.15, -0.1) is 0 Å². The smallest absolute Gasteiger partial charge is 0.319 e. The summed E-state index contributed by atoms with van der Waals surface area (Å²) in [6.07, 6.45) is 0. The minimum Gasteiger partial charge on any atom is -0.465 e.